The number of carboxylic acid groups (broad SMARTS) is 1. The van der Waals surface area contributed by atoms with Crippen LogP contribution in [0.25, 0.3) is 0 Å². The minimum absolute atomic E-state index is 0.630. The molecule has 0 aromatic rings. The summed E-state index contributed by atoms with van der Waals surface area (Å²) in [6.45, 7) is 0. The highest BCUT2D eigenvalue weighted by molar-refractivity contribution is 7.51. The van der Waals surface area contributed by atoms with Crippen molar-refractivity contribution in [2.45, 2.75) is 6.42 Å². The van der Waals surface area contributed by atoms with E-state index in [2.05, 4.69) is 0 Å². The van der Waals surface area contributed by atoms with E-state index in [0.717, 1.165) is 0 Å². The number of aliphatic carboxylic acids is 1. The highest BCUT2D eigenvalue weighted by atomic mass is 31.2. The van der Waals surface area contributed by atoms with E-state index >= 15 is 0 Å². The van der Waals surface area contributed by atoms with Crippen LogP contribution >= 0.6 is 7.60 Å². The molecule has 13 heavy (non-hydrogen) atoms. The van der Waals surface area contributed by atoms with Crippen molar-refractivity contribution < 1.29 is 29.0 Å². The maximum atomic E-state index is 10.7. The molecule has 0 aromatic carbocycles. The van der Waals surface area contributed by atoms with E-state index in [4.69, 9.17) is 20.3 Å². The minimum atomic E-state index is -4.30. The SMILES string of the molecule is N=C(C(=O)O)C(=O)CCP(=O)(O)O. The van der Waals surface area contributed by atoms with Crippen LogP contribution in [0.5, 0.6) is 0 Å². The predicted molar refractivity (Wildman–Crippen MR) is 41.9 cm³/mol. The van der Waals surface area contributed by atoms with Crippen molar-refractivity contribution in [1.29, 1.82) is 5.41 Å². The Morgan fingerprint density at radius 3 is 2.08 bits per heavy atom. The fraction of sp³-hybridized carbons (Fsp3) is 0.400. The molecule has 8 heteroatoms. The molecular weight excluding hydrogens is 201 g/mol. The monoisotopic (exact) mass is 209 g/mol. The molecule has 0 atom stereocenters. The fourth-order valence-corrected chi connectivity index (χ4v) is 0.986. The van der Waals surface area contributed by atoms with Gasteiger partial charge in [0, 0.05) is 6.42 Å². The van der Waals surface area contributed by atoms with Gasteiger partial charge in [0.25, 0.3) is 0 Å². The smallest absolute Gasteiger partial charge is 0.357 e. The highest BCUT2D eigenvalue weighted by Crippen LogP contribution is 2.34. The van der Waals surface area contributed by atoms with Crippen molar-refractivity contribution in [2.24, 2.45) is 0 Å². The summed E-state index contributed by atoms with van der Waals surface area (Å²) in [5, 5.41) is 14.8. The van der Waals surface area contributed by atoms with E-state index in [0.29, 0.717) is 0 Å². The third kappa shape index (κ3) is 5.24. The van der Waals surface area contributed by atoms with Gasteiger partial charge in [0.1, 0.15) is 0 Å². The third-order valence-electron chi connectivity index (χ3n) is 1.12. The predicted octanol–water partition coefficient (Wildman–Crippen LogP) is -0.772. The Balaban J connectivity index is 4.11. The summed E-state index contributed by atoms with van der Waals surface area (Å²) in [5.41, 5.74) is -1.16. The second kappa shape index (κ2) is 4.27. The van der Waals surface area contributed by atoms with Crippen LogP contribution < -0.4 is 0 Å². The summed E-state index contributed by atoms with van der Waals surface area (Å²) >= 11 is 0. The molecule has 0 radical (unpaired) electrons. The molecule has 7 nitrogen and oxygen atoms in total. The zero-order chi connectivity index (χ0) is 10.6. The third-order valence-corrected chi connectivity index (χ3v) is 1.93. The minimum Gasteiger partial charge on any atom is -0.476 e. The van der Waals surface area contributed by atoms with E-state index < -0.39 is 37.6 Å². The number of carbonyl (C=O) groups excluding carboxylic acids is 1. The molecule has 0 saturated heterocycles. The van der Waals surface area contributed by atoms with Crippen LogP contribution in [0.1, 0.15) is 6.42 Å². The van der Waals surface area contributed by atoms with Gasteiger partial charge in [-0.1, -0.05) is 0 Å². The molecule has 0 rings (SSSR count). The van der Waals surface area contributed by atoms with E-state index in [9.17, 15) is 14.2 Å². The molecule has 0 spiro atoms. The van der Waals surface area contributed by atoms with Crippen LogP contribution in [-0.2, 0) is 14.2 Å². The maximum absolute atomic E-state index is 10.7. The molecule has 0 aliphatic carbocycles. The van der Waals surface area contributed by atoms with Crippen LogP contribution in [0.4, 0.5) is 0 Å². The molecule has 0 aromatic heterocycles. The topological polar surface area (TPSA) is 136 Å². The van der Waals surface area contributed by atoms with Gasteiger partial charge in [-0.05, 0) is 0 Å². The number of nitrogens with one attached hydrogen (secondary N) is 1. The number of ketones is 1. The molecule has 0 unspecified atom stereocenters. The first kappa shape index (κ1) is 12.0. The van der Waals surface area contributed by atoms with Gasteiger partial charge in [-0.15, -0.1) is 0 Å². The highest BCUT2D eigenvalue weighted by Gasteiger charge is 2.21. The number of carboxylic acids is 1. The van der Waals surface area contributed by atoms with E-state index in [1.165, 1.54) is 0 Å². The molecule has 0 heterocycles. The summed E-state index contributed by atoms with van der Waals surface area (Å²) in [5.74, 6) is -2.79. The molecule has 0 bridgehead atoms. The van der Waals surface area contributed by atoms with Gasteiger partial charge < -0.3 is 14.9 Å². The molecule has 0 aliphatic rings. The molecule has 0 fully saturated rings. The van der Waals surface area contributed by atoms with Gasteiger partial charge >= 0.3 is 13.6 Å². The fourth-order valence-electron chi connectivity index (χ4n) is 0.491. The Morgan fingerprint density at radius 1 is 1.31 bits per heavy atom. The Labute approximate surface area is 73.1 Å². The Hall–Kier alpha value is -1.04. The van der Waals surface area contributed by atoms with Crippen LogP contribution in [0, 0.1) is 5.41 Å². The lowest BCUT2D eigenvalue weighted by Gasteiger charge is -2.01. The largest absolute Gasteiger partial charge is 0.476 e. The summed E-state index contributed by atoms with van der Waals surface area (Å²) in [6.07, 6.45) is -1.36. The van der Waals surface area contributed by atoms with Gasteiger partial charge in [-0.25, -0.2) is 4.79 Å². The van der Waals surface area contributed by atoms with Crippen molar-refractivity contribution in [3.8, 4) is 0 Å². The van der Waals surface area contributed by atoms with Crippen molar-refractivity contribution in [3.05, 3.63) is 0 Å². The van der Waals surface area contributed by atoms with Gasteiger partial charge in [0.05, 0.1) is 6.16 Å². The molecular formula is C5H8NO6P. The molecule has 4 N–H and O–H groups in total. The zero-order valence-electron chi connectivity index (χ0n) is 6.43. The average Bonchev–Trinajstić information content (AvgIpc) is 1.97. The van der Waals surface area contributed by atoms with E-state index in [1.54, 1.807) is 0 Å². The molecule has 0 saturated carbocycles. The van der Waals surface area contributed by atoms with Crippen molar-refractivity contribution in [1.82, 2.24) is 0 Å². The normalized spacial score (nSPS) is 10.9. The quantitative estimate of drug-likeness (QED) is 0.266. The standard InChI is InChI=1S/C5H8NO6P/c6-4(5(8)9)3(7)1-2-13(10,11)12/h6H,1-2H2,(H,8,9)(H2,10,11,12). The summed E-state index contributed by atoms with van der Waals surface area (Å²) in [7, 11) is -4.30. The Kier molecular flexibility index (Phi) is 3.93. The van der Waals surface area contributed by atoms with Crippen LogP contribution in [0.15, 0.2) is 0 Å². The lowest BCUT2D eigenvalue weighted by Crippen LogP contribution is -2.23. The van der Waals surface area contributed by atoms with Crippen LogP contribution in [-0.4, -0.2) is 38.5 Å². The van der Waals surface area contributed by atoms with Crippen molar-refractivity contribution >= 4 is 25.1 Å². The van der Waals surface area contributed by atoms with Crippen LogP contribution in [0.2, 0.25) is 0 Å². The molecule has 0 amide bonds. The van der Waals surface area contributed by atoms with Gasteiger partial charge in [0.2, 0.25) is 0 Å². The Bertz CT molecular complexity index is 291. The first-order valence-electron chi connectivity index (χ1n) is 3.13. The van der Waals surface area contributed by atoms with Gasteiger partial charge in [0.15, 0.2) is 11.5 Å². The van der Waals surface area contributed by atoms with E-state index in [-0.39, 0.29) is 0 Å². The summed E-state index contributed by atoms with van der Waals surface area (Å²) in [4.78, 5) is 37.4. The Morgan fingerprint density at radius 2 is 1.77 bits per heavy atom. The van der Waals surface area contributed by atoms with Crippen LogP contribution in [0.3, 0.4) is 0 Å². The van der Waals surface area contributed by atoms with Gasteiger partial charge in [-0.3, -0.25) is 14.8 Å². The van der Waals surface area contributed by atoms with Gasteiger partial charge in [-0.2, -0.15) is 0 Å². The maximum Gasteiger partial charge on any atom is 0.357 e. The first-order chi connectivity index (χ1) is 5.74. The first-order valence-corrected chi connectivity index (χ1v) is 4.93. The second-order valence-corrected chi connectivity index (χ2v) is 4.02. The average molecular weight is 209 g/mol. The molecule has 0 aliphatic heterocycles. The lowest BCUT2D eigenvalue weighted by atomic mass is 10.2. The number of carbonyl (C=O) groups is 2. The number of hydrogen-bond acceptors (Lipinski definition) is 4. The van der Waals surface area contributed by atoms with Crippen molar-refractivity contribution in [3.63, 3.8) is 0 Å². The van der Waals surface area contributed by atoms with Crippen molar-refractivity contribution in [2.75, 3.05) is 6.16 Å². The number of rotatable bonds is 5. The summed E-state index contributed by atoms with van der Waals surface area (Å²) in [6, 6.07) is 0. The lowest BCUT2D eigenvalue weighted by molar-refractivity contribution is -0.130. The molecule has 74 valence electrons. The summed E-state index contributed by atoms with van der Waals surface area (Å²) < 4.78 is 10.3. The van der Waals surface area contributed by atoms with E-state index in [1.807, 2.05) is 0 Å². The number of Topliss-reactive ketones (excluding diaryl/α,β-unsaturated/α-hetero) is 1. The number of hydrogen-bond donors (Lipinski definition) is 4. The zero-order valence-corrected chi connectivity index (χ0v) is 7.32. The second-order valence-electron chi connectivity index (χ2n) is 2.24.